The Morgan fingerprint density at radius 2 is 1.00 bits per heavy atom. The highest BCUT2D eigenvalue weighted by Gasteiger charge is 2.11. The van der Waals surface area contributed by atoms with Crippen LogP contribution in [-0.4, -0.2) is 11.4 Å². The molecule has 2 nitrogen and oxygen atoms in total. The molecule has 2 aromatic rings. The molecule has 2 rings (SSSR count). The first-order valence-electron chi connectivity index (χ1n) is 16.6. The summed E-state index contributed by atoms with van der Waals surface area (Å²) in [5, 5.41) is 0. The van der Waals surface area contributed by atoms with E-state index in [1.54, 1.807) is 0 Å². The van der Waals surface area contributed by atoms with Gasteiger partial charge in [-0.1, -0.05) is 91.4 Å². The number of allylic oxidation sites excluding steroid dienone is 2. The number of hydrogen-bond acceptors (Lipinski definition) is 2. The molecule has 0 bridgehead atoms. The van der Waals surface area contributed by atoms with Gasteiger partial charge in [-0.05, 0) is 124 Å². The predicted molar refractivity (Wildman–Crippen MR) is 180 cm³/mol. The van der Waals surface area contributed by atoms with Crippen molar-refractivity contribution in [1.82, 2.24) is 0 Å². The summed E-state index contributed by atoms with van der Waals surface area (Å²) in [4.78, 5) is 10.5. The molecule has 220 valence electrons. The number of benzene rings is 2. The maximum Gasteiger partial charge on any atom is 0.0848 e. The molecule has 0 radical (unpaired) electrons. The van der Waals surface area contributed by atoms with Crippen molar-refractivity contribution in [3.63, 3.8) is 0 Å². The highest BCUT2D eigenvalue weighted by molar-refractivity contribution is 6.47. The topological polar surface area (TPSA) is 24.7 Å². The number of unbranched alkanes of at least 4 members (excludes halogenated alkanes) is 6. The van der Waals surface area contributed by atoms with Crippen molar-refractivity contribution in [3.8, 4) is 0 Å². The Bertz CT molecular complexity index is 1070. The lowest BCUT2D eigenvalue weighted by Gasteiger charge is -2.13. The fourth-order valence-electron chi connectivity index (χ4n) is 5.22. The quantitative estimate of drug-likeness (QED) is 0.117. The maximum atomic E-state index is 5.30. The van der Waals surface area contributed by atoms with E-state index in [9.17, 15) is 0 Å². The average Bonchev–Trinajstić information content (AvgIpc) is 2.97. The molecular formula is C38H58N2. The molecule has 0 saturated heterocycles. The van der Waals surface area contributed by atoms with Crippen LogP contribution in [-0.2, 0) is 25.7 Å². The molecule has 0 spiro atoms. The number of rotatable bonds is 20. The summed E-state index contributed by atoms with van der Waals surface area (Å²) < 4.78 is 0. The van der Waals surface area contributed by atoms with Crippen molar-refractivity contribution in [2.75, 3.05) is 0 Å². The number of aryl methyl sites for hydroxylation is 4. The van der Waals surface area contributed by atoms with E-state index in [2.05, 4.69) is 90.1 Å². The van der Waals surface area contributed by atoms with Crippen molar-refractivity contribution in [3.05, 3.63) is 70.8 Å². The molecule has 0 amide bonds. The molecule has 0 unspecified atom stereocenters. The Morgan fingerprint density at radius 3 is 1.45 bits per heavy atom. The third-order valence-corrected chi connectivity index (χ3v) is 7.73. The van der Waals surface area contributed by atoms with E-state index in [4.69, 9.17) is 9.98 Å². The molecular weight excluding hydrogens is 484 g/mol. The number of nitrogens with zero attached hydrogens (tertiary/aromatic N) is 2. The predicted octanol–water partition coefficient (Wildman–Crippen LogP) is 12.1. The van der Waals surface area contributed by atoms with Gasteiger partial charge in [0.05, 0.1) is 22.8 Å². The van der Waals surface area contributed by atoms with Crippen molar-refractivity contribution < 1.29 is 0 Å². The molecule has 2 aromatic carbocycles. The van der Waals surface area contributed by atoms with E-state index in [1.165, 1.54) is 99.3 Å². The monoisotopic (exact) mass is 542 g/mol. The third kappa shape index (κ3) is 11.9. The molecule has 0 N–H and O–H groups in total. The van der Waals surface area contributed by atoms with E-state index < -0.39 is 0 Å². The van der Waals surface area contributed by atoms with Crippen molar-refractivity contribution in [2.45, 2.75) is 144 Å². The van der Waals surface area contributed by atoms with Crippen molar-refractivity contribution in [1.29, 1.82) is 0 Å². The van der Waals surface area contributed by atoms with Crippen LogP contribution in [0.3, 0.4) is 0 Å². The van der Waals surface area contributed by atoms with Gasteiger partial charge in [0.15, 0.2) is 0 Å². The second-order valence-corrected chi connectivity index (χ2v) is 11.3. The van der Waals surface area contributed by atoms with Crippen LogP contribution in [0.1, 0.15) is 141 Å². The third-order valence-electron chi connectivity index (χ3n) is 7.73. The van der Waals surface area contributed by atoms with Gasteiger partial charge < -0.3 is 0 Å². The Kier molecular flexibility index (Phi) is 17.2. The van der Waals surface area contributed by atoms with Crippen molar-refractivity contribution in [2.24, 2.45) is 9.98 Å². The molecule has 0 saturated carbocycles. The number of aliphatic imine (C=N–C) groups is 2. The smallest absolute Gasteiger partial charge is 0.0848 e. The normalized spacial score (nSPS) is 12.6. The van der Waals surface area contributed by atoms with E-state index in [1.807, 2.05) is 0 Å². The zero-order valence-electron chi connectivity index (χ0n) is 26.8. The van der Waals surface area contributed by atoms with Crippen LogP contribution in [0.4, 0.5) is 11.4 Å². The van der Waals surface area contributed by atoms with Gasteiger partial charge in [0.1, 0.15) is 0 Å². The van der Waals surface area contributed by atoms with Gasteiger partial charge in [-0.25, -0.2) is 4.99 Å². The Hall–Kier alpha value is -2.48. The largest absolute Gasteiger partial charge is 0.251 e. The molecule has 0 atom stereocenters. The molecule has 0 aliphatic rings. The lowest BCUT2D eigenvalue weighted by molar-refractivity contribution is 0.744. The van der Waals surface area contributed by atoms with Gasteiger partial charge in [-0.2, -0.15) is 0 Å². The number of hydrogen-bond donors (Lipinski definition) is 0. The molecule has 2 heteroatoms. The summed E-state index contributed by atoms with van der Waals surface area (Å²) in [6.45, 7) is 13.5. The Morgan fingerprint density at radius 1 is 0.550 bits per heavy atom. The van der Waals surface area contributed by atoms with E-state index in [-0.39, 0.29) is 0 Å². The van der Waals surface area contributed by atoms with E-state index in [0.29, 0.717) is 0 Å². The van der Waals surface area contributed by atoms with Gasteiger partial charge in [0.2, 0.25) is 0 Å². The summed E-state index contributed by atoms with van der Waals surface area (Å²) >= 11 is 0. The molecule has 40 heavy (non-hydrogen) atoms. The lowest BCUT2D eigenvalue weighted by atomic mass is 9.97. The van der Waals surface area contributed by atoms with Crippen LogP contribution < -0.4 is 0 Å². The SMILES string of the molecule is CC=CC(=Nc1ccc(CCCC)c(CCCC)c1)C(CCCCC)=Nc1ccc(CCCC)c(CCCC)c1. The summed E-state index contributed by atoms with van der Waals surface area (Å²) in [6, 6.07) is 13.8. The van der Waals surface area contributed by atoms with Gasteiger partial charge >= 0.3 is 0 Å². The molecule has 0 heterocycles. The standard InChI is InChI=1S/C38H58N2/c1-7-13-18-24-38(40-36-28-26-32(21-15-9-3)34(30-36)23-17-11-5)37(19-12-6)39-35-27-25-31(20-14-8-2)33(29-35)22-16-10-4/h12,19,25-30H,7-11,13-18,20-24H2,1-6H3. The highest BCUT2D eigenvalue weighted by atomic mass is 14.8. The van der Waals surface area contributed by atoms with Crippen LogP contribution in [0, 0.1) is 0 Å². The van der Waals surface area contributed by atoms with Gasteiger partial charge in [0.25, 0.3) is 0 Å². The maximum absolute atomic E-state index is 5.30. The summed E-state index contributed by atoms with van der Waals surface area (Å²) in [6.07, 6.45) is 23.3. The first-order valence-corrected chi connectivity index (χ1v) is 16.6. The Labute approximate surface area is 247 Å². The van der Waals surface area contributed by atoms with Crippen LogP contribution in [0.2, 0.25) is 0 Å². The van der Waals surface area contributed by atoms with Crippen LogP contribution >= 0.6 is 0 Å². The summed E-state index contributed by atoms with van der Waals surface area (Å²) in [5.74, 6) is 0. The second-order valence-electron chi connectivity index (χ2n) is 11.3. The first-order chi connectivity index (χ1) is 19.6. The van der Waals surface area contributed by atoms with Crippen LogP contribution in [0.15, 0.2) is 58.5 Å². The van der Waals surface area contributed by atoms with Gasteiger partial charge in [0, 0.05) is 0 Å². The zero-order chi connectivity index (χ0) is 29.0. The fraction of sp³-hybridized carbons (Fsp3) is 0.579. The lowest BCUT2D eigenvalue weighted by Crippen LogP contribution is -2.12. The fourth-order valence-corrected chi connectivity index (χ4v) is 5.22. The second kappa shape index (κ2) is 20.4. The van der Waals surface area contributed by atoms with E-state index >= 15 is 0 Å². The van der Waals surface area contributed by atoms with Crippen LogP contribution in [0.25, 0.3) is 0 Å². The molecule has 0 fully saturated rings. The minimum absolute atomic E-state index is 0.955. The minimum atomic E-state index is 0.955. The zero-order valence-corrected chi connectivity index (χ0v) is 26.8. The minimum Gasteiger partial charge on any atom is -0.251 e. The first kappa shape index (κ1) is 33.7. The average molecular weight is 543 g/mol. The highest BCUT2D eigenvalue weighted by Crippen LogP contribution is 2.26. The summed E-state index contributed by atoms with van der Waals surface area (Å²) in [7, 11) is 0. The van der Waals surface area contributed by atoms with Gasteiger partial charge in [-0.3, -0.25) is 4.99 Å². The molecule has 0 aliphatic heterocycles. The van der Waals surface area contributed by atoms with E-state index in [0.717, 1.165) is 48.5 Å². The Balaban J connectivity index is 2.53. The van der Waals surface area contributed by atoms with Gasteiger partial charge in [-0.15, -0.1) is 0 Å². The van der Waals surface area contributed by atoms with Crippen LogP contribution in [0.5, 0.6) is 0 Å². The molecule has 0 aliphatic carbocycles. The summed E-state index contributed by atoms with van der Waals surface area (Å²) in [5.41, 5.74) is 10.2. The molecule has 0 aromatic heterocycles. The van der Waals surface area contributed by atoms with Crippen molar-refractivity contribution >= 4 is 22.8 Å².